The molecule has 2 heterocycles. The smallest absolute Gasteiger partial charge is 0.426 e. The quantitative estimate of drug-likeness (QED) is 0.258. The largest absolute Gasteiger partial charge is 0.445 e. The van der Waals surface area contributed by atoms with Crippen LogP contribution in [-0.4, -0.2) is 58.5 Å². The van der Waals surface area contributed by atoms with Gasteiger partial charge in [0.25, 0.3) is 0 Å². The van der Waals surface area contributed by atoms with Crippen LogP contribution in [0.25, 0.3) is 10.4 Å². The van der Waals surface area contributed by atoms with Gasteiger partial charge in [-0.3, -0.25) is 0 Å². The van der Waals surface area contributed by atoms with Crippen LogP contribution in [0.2, 0.25) is 10.0 Å². The third-order valence-corrected chi connectivity index (χ3v) is 7.86. The molecule has 1 aliphatic heterocycles. The number of ether oxygens (including phenoxy) is 3. The van der Waals surface area contributed by atoms with Gasteiger partial charge in [0.1, 0.15) is 17.8 Å². The van der Waals surface area contributed by atoms with E-state index in [1.807, 2.05) is 24.3 Å². The molecular formula is C32H38Cl2N4O6S. The fourth-order valence-electron chi connectivity index (χ4n) is 4.48. The Morgan fingerprint density at radius 2 is 1.56 bits per heavy atom. The first-order valence-electron chi connectivity index (χ1n) is 14.5. The minimum absolute atomic E-state index is 0.0939. The van der Waals surface area contributed by atoms with Crippen LogP contribution in [0, 0.1) is 0 Å². The molecule has 45 heavy (non-hydrogen) atoms. The maximum atomic E-state index is 13.0. The summed E-state index contributed by atoms with van der Waals surface area (Å²) in [6, 6.07) is 13.0. The highest BCUT2D eigenvalue weighted by Crippen LogP contribution is 2.34. The maximum absolute atomic E-state index is 13.0. The number of benzene rings is 2. The minimum Gasteiger partial charge on any atom is -0.445 e. The van der Waals surface area contributed by atoms with E-state index in [4.69, 9.17) is 37.4 Å². The Kier molecular flexibility index (Phi) is 10.9. The van der Waals surface area contributed by atoms with Crippen molar-refractivity contribution in [3.05, 3.63) is 64.3 Å². The molecule has 0 saturated carbocycles. The predicted molar refractivity (Wildman–Crippen MR) is 177 cm³/mol. The highest BCUT2D eigenvalue weighted by atomic mass is 35.5. The van der Waals surface area contributed by atoms with E-state index in [9.17, 15) is 14.4 Å². The Morgan fingerprint density at radius 3 is 2.13 bits per heavy atom. The van der Waals surface area contributed by atoms with Crippen LogP contribution in [0.5, 0.6) is 0 Å². The summed E-state index contributed by atoms with van der Waals surface area (Å²) in [4.78, 5) is 46.3. The molecule has 0 aliphatic carbocycles. The van der Waals surface area contributed by atoms with Crippen molar-refractivity contribution < 1.29 is 28.6 Å². The van der Waals surface area contributed by atoms with Crippen LogP contribution < -0.4 is 10.2 Å². The second kappa shape index (κ2) is 14.3. The summed E-state index contributed by atoms with van der Waals surface area (Å²) in [7, 11) is 0. The van der Waals surface area contributed by atoms with Gasteiger partial charge in [0.15, 0.2) is 0 Å². The fraction of sp³-hybridized carbons (Fsp3) is 0.438. The highest BCUT2D eigenvalue weighted by molar-refractivity contribution is 7.19. The molecule has 1 saturated heterocycles. The number of nitrogens with zero attached hydrogens (tertiary/aromatic N) is 3. The van der Waals surface area contributed by atoms with Crippen LogP contribution in [0.4, 0.5) is 25.2 Å². The Balaban J connectivity index is 1.37. The van der Waals surface area contributed by atoms with E-state index in [1.54, 1.807) is 70.8 Å². The van der Waals surface area contributed by atoms with E-state index in [2.05, 4.69) is 10.3 Å². The number of imide groups is 1. The first kappa shape index (κ1) is 34.3. The first-order chi connectivity index (χ1) is 21.1. The SMILES string of the molecule is CC(C)(C)OC(=O)N(C(=O)OC(C)(C)C)c1ncc(-c2cccc(NC3CCN(C(=O)OCc4cc(Cl)cc(Cl)c4)CC3)c2)s1. The monoisotopic (exact) mass is 676 g/mol. The number of anilines is 2. The zero-order valence-electron chi connectivity index (χ0n) is 26.2. The molecule has 1 aromatic heterocycles. The van der Waals surface area contributed by atoms with Crippen molar-refractivity contribution in [1.82, 2.24) is 9.88 Å². The number of hydrogen-bond acceptors (Lipinski definition) is 9. The van der Waals surface area contributed by atoms with Gasteiger partial charge in [-0.05, 0) is 95.8 Å². The summed E-state index contributed by atoms with van der Waals surface area (Å²) in [6.07, 6.45) is 0.998. The third kappa shape index (κ3) is 10.2. The molecule has 0 bridgehead atoms. The van der Waals surface area contributed by atoms with Crippen LogP contribution in [-0.2, 0) is 20.8 Å². The minimum atomic E-state index is -0.864. The fourth-order valence-corrected chi connectivity index (χ4v) is 5.95. The average Bonchev–Trinajstić information content (AvgIpc) is 3.39. The van der Waals surface area contributed by atoms with Gasteiger partial charge in [-0.2, -0.15) is 4.90 Å². The molecule has 2 aromatic carbocycles. The van der Waals surface area contributed by atoms with Crippen LogP contribution in [0.1, 0.15) is 59.9 Å². The van der Waals surface area contributed by atoms with Crippen LogP contribution >= 0.6 is 34.5 Å². The topological polar surface area (TPSA) is 110 Å². The van der Waals surface area contributed by atoms with Crippen molar-refractivity contribution in [3.63, 3.8) is 0 Å². The molecule has 0 unspecified atom stereocenters. The number of nitrogens with one attached hydrogen (secondary N) is 1. The Morgan fingerprint density at radius 1 is 0.956 bits per heavy atom. The summed E-state index contributed by atoms with van der Waals surface area (Å²) in [5.41, 5.74) is 0.851. The molecule has 0 radical (unpaired) electrons. The number of carbonyl (C=O) groups excluding carboxylic acids is 3. The molecule has 0 atom stereocenters. The van der Waals surface area contributed by atoms with Gasteiger partial charge < -0.3 is 24.4 Å². The maximum Gasteiger partial charge on any atom is 0.426 e. The van der Waals surface area contributed by atoms with E-state index in [0.29, 0.717) is 23.1 Å². The summed E-state index contributed by atoms with van der Waals surface area (Å²) in [5, 5.41) is 4.68. The number of rotatable bonds is 6. The highest BCUT2D eigenvalue weighted by Gasteiger charge is 2.35. The van der Waals surface area contributed by atoms with Gasteiger partial charge in [0.2, 0.25) is 5.13 Å². The molecule has 1 aliphatic rings. The number of thiazole rings is 1. The van der Waals surface area contributed by atoms with E-state index in [0.717, 1.165) is 39.4 Å². The van der Waals surface area contributed by atoms with E-state index >= 15 is 0 Å². The Bertz CT molecular complexity index is 1480. The van der Waals surface area contributed by atoms with Crippen molar-refractivity contribution >= 4 is 63.6 Å². The van der Waals surface area contributed by atoms with Gasteiger partial charge in [0.05, 0.1) is 4.88 Å². The number of hydrogen-bond donors (Lipinski definition) is 1. The summed E-state index contributed by atoms with van der Waals surface area (Å²) >= 11 is 13.2. The van der Waals surface area contributed by atoms with Gasteiger partial charge in [0, 0.05) is 41.1 Å². The molecule has 1 N–H and O–H groups in total. The van der Waals surface area contributed by atoms with E-state index in [1.165, 1.54) is 11.3 Å². The number of halogens is 2. The first-order valence-corrected chi connectivity index (χ1v) is 16.1. The van der Waals surface area contributed by atoms with E-state index in [-0.39, 0.29) is 23.9 Å². The lowest BCUT2D eigenvalue weighted by Crippen LogP contribution is -2.43. The summed E-state index contributed by atoms with van der Waals surface area (Å²) < 4.78 is 16.4. The summed E-state index contributed by atoms with van der Waals surface area (Å²) in [5.74, 6) is 0. The van der Waals surface area contributed by atoms with Crippen LogP contribution in [0.15, 0.2) is 48.7 Å². The van der Waals surface area contributed by atoms with Crippen molar-refractivity contribution in [3.8, 4) is 10.4 Å². The third-order valence-electron chi connectivity index (χ3n) is 6.39. The molecule has 10 nitrogen and oxygen atoms in total. The lowest BCUT2D eigenvalue weighted by atomic mass is 10.0. The second-order valence-corrected chi connectivity index (χ2v) is 14.5. The normalized spacial score (nSPS) is 14.1. The Hall–Kier alpha value is -3.54. The molecular weight excluding hydrogens is 639 g/mol. The average molecular weight is 678 g/mol. The molecule has 13 heteroatoms. The zero-order chi connectivity index (χ0) is 32.9. The zero-order valence-corrected chi connectivity index (χ0v) is 28.5. The summed E-state index contributed by atoms with van der Waals surface area (Å²) in [6.45, 7) is 11.5. The Labute approximate surface area is 277 Å². The van der Waals surface area contributed by atoms with Gasteiger partial charge in [-0.15, -0.1) is 0 Å². The number of carbonyl (C=O) groups is 3. The molecule has 0 spiro atoms. The van der Waals surface area contributed by atoms with E-state index < -0.39 is 23.4 Å². The van der Waals surface area contributed by atoms with Crippen molar-refractivity contribution in [2.24, 2.45) is 0 Å². The number of likely N-dealkylation sites (tertiary alicyclic amines) is 1. The molecule has 242 valence electrons. The molecule has 3 amide bonds. The van der Waals surface area contributed by atoms with Crippen LogP contribution in [0.3, 0.4) is 0 Å². The van der Waals surface area contributed by atoms with Crippen molar-refractivity contribution in [2.75, 3.05) is 23.3 Å². The van der Waals surface area contributed by atoms with Gasteiger partial charge in [-0.25, -0.2) is 19.4 Å². The van der Waals surface area contributed by atoms with Crippen molar-refractivity contribution in [1.29, 1.82) is 0 Å². The lowest BCUT2D eigenvalue weighted by molar-refractivity contribution is 0.0430. The number of aromatic nitrogens is 1. The van der Waals surface area contributed by atoms with Gasteiger partial charge >= 0.3 is 18.3 Å². The molecule has 3 aromatic rings. The molecule has 1 fully saturated rings. The number of amides is 3. The molecule has 4 rings (SSSR count). The lowest BCUT2D eigenvalue weighted by Gasteiger charge is -2.32. The van der Waals surface area contributed by atoms with Gasteiger partial charge in [-0.1, -0.05) is 46.7 Å². The standard InChI is InChI=1S/C32H38Cl2N4O6S/c1-31(2,3)43-29(40)38(30(41)44-32(4,5)6)27-35-18-26(45-27)21-8-7-9-25(16-21)36-24-10-12-37(13-11-24)28(39)42-19-20-14-22(33)17-23(34)15-20/h7-9,14-18,24,36H,10-13,19H2,1-6H3. The number of piperidine rings is 1. The second-order valence-electron chi connectivity index (χ2n) is 12.6. The van der Waals surface area contributed by atoms with Crippen molar-refractivity contribution in [2.45, 2.75) is 78.2 Å². The predicted octanol–water partition coefficient (Wildman–Crippen LogP) is 9.01.